The predicted octanol–water partition coefficient (Wildman–Crippen LogP) is 2.12. The van der Waals surface area contributed by atoms with Crippen molar-refractivity contribution >= 4 is 17.2 Å². The highest BCUT2D eigenvalue weighted by Crippen LogP contribution is 2.19. The molecule has 1 aliphatic rings. The molecule has 0 amide bonds. The molecule has 7 nitrogen and oxygen atoms in total. The lowest BCUT2D eigenvalue weighted by molar-refractivity contribution is 0.122. The number of ether oxygens (including phenoxy) is 1. The van der Waals surface area contributed by atoms with Crippen molar-refractivity contribution < 1.29 is 4.74 Å². The average Bonchev–Trinajstić information content (AvgIpc) is 3.19. The van der Waals surface area contributed by atoms with Gasteiger partial charge in [-0.3, -0.25) is 0 Å². The molecule has 4 heterocycles. The molecule has 0 spiro atoms. The minimum atomic E-state index is 0.674. The van der Waals surface area contributed by atoms with Gasteiger partial charge in [0, 0.05) is 50.1 Å². The minimum absolute atomic E-state index is 0.674. The number of nitrogens with one attached hydrogen (secondary N) is 1. The summed E-state index contributed by atoms with van der Waals surface area (Å²) >= 11 is 1.57. The topological polar surface area (TPSA) is 76.1 Å². The van der Waals surface area contributed by atoms with E-state index in [4.69, 9.17) is 4.74 Å². The van der Waals surface area contributed by atoms with E-state index in [1.165, 1.54) is 5.56 Å². The quantitative estimate of drug-likeness (QED) is 0.714. The number of anilines is 1. The highest BCUT2D eigenvalue weighted by Gasteiger charge is 2.12. The molecule has 0 unspecified atom stereocenters. The van der Waals surface area contributed by atoms with Gasteiger partial charge < -0.3 is 15.0 Å². The van der Waals surface area contributed by atoms with Gasteiger partial charge in [0.05, 0.1) is 18.9 Å². The Hall–Kier alpha value is -2.42. The maximum atomic E-state index is 5.40. The standard InChI is InChI=1S/C18H20N6OS/c1-3-21-17(22-4-1)18-23-15(13-26-18)12-19-11-14-2-5-20-16(10-14)24-6-8-25-9-7-24/h1-5,10,13,19H,6-9,11-12H2. The third-order valence-electron chi connectivity index (χ3n) is 4.09. The van der Waals surface area contributed by atoms with Crippen LogP contribution in [0.15, 0.2) is 42.2 Å². The number of nitrogens with zero attached hydrogens (tertiary/aromatic N) is 5. The van der Waals surface area contributed by atoms with E-state index in [1.54, 1.807) is 29.8 Å². The first kappa shape index (κ1) is 17.0. The van der Waals surface area contributed by atoms with E-state index >= 15 is 0 Å². The van der Waals surface area contributed by atoms with Crippen LogP contribution in [0.3, 0.4) is 0 Å². The molecule has 1 fully saturated rings. The van der Waals surface area contributed by atoms with Crippen LogP contribution in [0.4, 0.5) is 5.82 Å². The van der Waals surface area contributed by atoms with E-state index in [9.17, 15) is 0 Å². The van der Waals surface area contributed by atoms with E-state index < -0.39 is 0 Å². The zero-order valence-corrected chi connectivity index (χ0v) is 15.2. The molecule has 3 aromatic heterocycles. The summed E-state index contributed by atoms with van der Waals surface area (Å²) in [6, 6.07) is 5.99. The maximum Gasteiger partial charge on any atom is 0.188 e. The second-order valence-corrected chi connectivity index (χ2v) is 6.80. The summed E-state index contributed by atoms with van der Waals surface area (Å²) in [5, 5.41) is 6.34. The molecule has 0 bridgehead atoms. The van der Waals surface area contributed by atoms with Gasteiger partial charge in [0.2, 0.25) is 0 Å². The average molecular weight is 368 g/mol. The summed E-state index contributed by atoms with van der Waals surface area (Å²) in [7, 11) is 0. The molecule has 0 aliphatic carbocycles. The third kappa shape index (κ3) is 4.21. The largest absolute Gasteiger partial charge is 0.378 e. The van der Waals surface area contributed by atoms with Crippen molar-refractivity contribution in [1.82, 2.24) is 25.3 Å². The lowest BCUT2D eigenvalue weighted by atomic mass is 10.2. The van der Waals surface area contributed by atoms with E-state index in [-0.39, 0.29) is 0 Å². The number of thiazole rings is 1. The molecule has 26 heavy (non-hydrogen) atoms. The number of pyridine rings is 1. The van der Waals surface area contributed by atoms with Gasteiger partial charge in [0.25, 0.3) is 0 Å². The molecule has 0 radical (unpaired) electrons. The van der Waals surface area contributed by atoms with Crippen LogP contribution in [0.5, 0.6) is 0 Å². The molecule has 1 N–H and O–H groups in total. The van der Waals surface area contributed by atoms with Gasteiger partial charge in [-0.2, -0.15) is 0 Å². The molecule has 1 saturated heterocycles. The van der Waals surface area contributed by atoms with Gasteiger partial charge in [0.15, 0.2) is 10.8 Å². The molecule has 0 saturated carbocycles. The van der Waals surface area contributed by atoms with Gasteiger partial charge in [-0.15, -0.1) is 11.3 Å². The lowest BCUT2D eigenvalue weighted by Gasteiger charge is -2.28. The van der Waals surface area contributed by atoms with Crippen LogP contribution in [-0.2, 0) is 17.8 Å². The first-order valence-corrected chi connectivity index (χ1v) is 9.46. The van der Waals surface area contributed by atoms with Crippen LogP contribution in [0.2, 0.25) is 0 Å². The predicted molar refractivity (Wildman–Crippen MR) is 101 cm³/mol. The SMILES string of the molecule is c1cnc(-c2nc(CNCc3ccnc(N4CCOCC4)c3)cs2)nc1. The van der Waals surface area contributed by atoms with Gasteiger partial charge in [-0.1, -0.05) is 0 Å². The van der Waals surface area contributed by atoms with Gasteiger partial charge >= 0.3 is 0 Å². The van der Waals surface area contributed by atoms with E-state index in [2.05, 4.69) is 36.2 Å². The van der Waals surface area contributed by atoms with Crippen molar-refractivity contribution in [2.75, 3.05) is 31.2 Å². The molecular formula is C18H20N6OS. The Morgan fingerprint density at radius 3 is 2.77 bits per heavy atom. The summed E-state index contributed by atoms with van der Waals surface area (Å²) in [4.78, 5) is 19.8. The van der Waals surface area contributed by atoms with E-state index in [0.29, 0.717) is 12.4 Å². The Morgan fingerprint density at radius 2 is 1.92 bits per heavy atom. The van der Waals surface area contributed by atoms with Crippen LogP contribution in [0.25, 0.3) is 10.8 Å². The Morgan fingerprint density at radius 1 is 1.08 bits per heavy atom. The third-order valence-corrected chi connectivity index (χ3v) is 4.98. The molecule has 1 aliphatic heterocycles. The normalized spacial score (nSPS) is 14.5. The van der Waals surface area contributed by atoms with E-state index in [0.717, 1.165) is 49.4 Å². The van der Waals surface area contributed by atoms with Crippen molar-refractivity contribution in [1.29, 1.82) is 0 Å². The summed E-state index contributed by atoms with van der Waals surface area (Å²) in [5.41, 5.74) is 2.21. The van der Waals surface area contributed by atoms with Gasteiger partial charge in [0.1, 0.15) is 5.82 Å². The van der Waals surface area contributed by atoms with Crippen molar-refractivity contribution in [3.63, 3.8) is 0 Å². The number of hydrogen-bond acceptors (Lipinski definition) is 8. The number of aromatic nitrogens is 4. The summed E-state index contributed by atoms with van der Waals surface area (Å²) in [6.45, 7) is 4.80. The second-order valence-electron chi connectivity index (χ2n) is 5.94. The molecule has 0 aromatic carbocycles. The minimum Gasteiger partial charge on any atom is -0.378 e. The Bertz CT molecular complexity index is 834. The number of rotatable bonds is 6. The highest BCUT2D eigenvalue weighted by atomic mass is 32.1. The highest BCUT2D eigenvalue weighted by molar-refractivity contribution is 7.13. The zero-order chi connectivity index (χ0) is 17.6. The maximum absolute atomic E-state index is 5.40. The van der Waals surface area contributed by atoms with Crippen molar-refractivity contribution in [3.05, 3.63) is 53.4 Å². The van der Waals surface area contributed by atoms with E-state index in [1.807, 2.05) is 17.6 Å². The fourth-order valence-corrected chi connectivity index (χ4v) is 3.54. The smallest absolute Gasteiger partial charge is 0.188 e. The van der Waals surface area contributed by atoms with Crippen molar-refractivity contribution in [3.8, 4) is 10.8 Å². The monoisotopic (exact) mass is 368 g/mol. The van der Waals surface area contributed by atoms with Crippen molar-refractivity contribution in [2.45, 2.75) is 13.1 Å². The van der Waals surface area contributed by atoms with Crippen LogP contribution < -0.4 is 10.2 Å². The first-order chi connectivity index (χ1) is 12.9. The number of morpholine rings is 1. The van der Waals surface area contributed by atoms with Crippen molar-refractivity contribution in [2.24, 2.45) is 0 Å². The molecule has 4 rings (SSSR count). The Balaban J connectivity index is 1.33. The molecule has 3 aromatic rings. The zero-order valence-electron chi connectivity index (χ0n) is 14.3. The Kier molecular flexibility index (Phi) is 5.44. The van der Waals surface area contributed by atoms with Gasteiger partial charge in [-0.05, 0) is 23.8 Å². The van der Waals surface area contributed by atoms with Crippen LogP contribution >= 0.6 is 11.3 Å². The second kappa shape index (κ2) is 8.31. The summed E-state index contributed by atoms with van der Waals surface area (Å²) in [6.07, 6.45) is 5.34. The Labute approximate surface area is 156 Å². The fraction of sp³-hybridized carbons (Fsp3) is 0.333. The molecule has 0 atom stereocenters. The van der Waals surface area contributed by atoms with Crippen LogP contribution in [0, 0.1) is 0 Å². The lowest BCUT2D eigenvalue weighted by Crippen LogP contribution is -2.36. The summed E-state index contributed by atoms with van der Waals surface area (Å²) < 4.78 is 5.40. The first-order valence-electron chi connectivity index (χ1n) is 8.58. The van der Waals surface area contributed by atoms with Crippen LogP contribution in [-0.4, -0.2) is 46.2 Å². The fourth-order valence-electron chi connectivity index (χ4n) is 2.77. The molecular weight excluding hydrogens is 348 g/mol. The van der Waals surface area contributed by atoms with Crippen LogP contribution in [0.1, 0.15) is 11.3 Å². The molecule has 134 valence electrons. The van der Waals surface area contributed by atoms with Gasteiger partial charge in [-0.25, -0.2) is 19.9 Å². The number of hydrogen-bond donors (Lipinski definition) is 1. The summed E-state index contributed by atoms with van der Waals surface area (Å²) in [5.74, 6) is 1.69. The molecule has 8 heteroatoms.